The zero-order valence-electron chi connectivity index (χ0n) is 32.1. The molecule has 2 heteroatoms. The minimum atomic E-state index is 0.672. The van der Waals surface area contributed by atoms with Gasteiger partial charge in [-0.2, -0.15) is 0 Å². The highest BCUT2D eigenvalue weighted by Gasteiger charge is 2.23. The molecule has 56 heavy (non-hydrogen) atoms. The minimum absolute atomic E-state index is 0.672. The summed E-state index contributed by atoms with van der Waals surface area (Å²) < 4.78 is 4.97. The predicted molar refractivity (Wildman–Crippen MR) is 238 cm³/mol. The molecule has 0 spiro atoms. The van der Waals surface area contributed by atoms with E-state index in [1.54, 1.807) is 0 Å². The number of hydrogen-bond acceptors (Lipinski definition) is 0. The van der Waals surface area contributed by atoms with Crippen LogP contribution < -0.4 is 0 Å². The molecule has 2 aliphatic carbocycles. The summed E-state index contributed by atoms with van der Waals surface area (Å²) in [6.07, 6.45) is 13.4. The van der Waals surface area contributed by atoms with Gasteiger partial charge in [0.15, 0.2) is 0 Å². The van der Waals surface area contributed by atoms with Crippen molar-refractivity contribution in [2.45, 2.75) is 76.0 Å². The zero-order chi connectivity index (χ0) is 37.0. The number of aromatic nitrogens is 2. The Morgan fingerprint density at radius 2 is 0.839 bits per heavy atom. The van der Waals surface area contributed by atoms with E-state index in [2.05, 4.69) is 167 Å². The molecular formula is C54H48N2. The first-order valence-electron chi connectivity index (χ1n) is 21.2. The van der Waals surface area contributed by atoms with E-state index in [0.717, 1.165) is 0 Å². The van der Waals surface area contributed by atoms with E-state index in [4.69, 9.17) is 0 Å². The number of fused-ring (bicyclic) bond motifs is 6. The summed E-state index contributed by atoms with van der Waals surface area (Å²) in [7, 11) is 0. The van der Waals surface area contributed by atoms with Crippen LogP contribution in [-0.2, 0) is 0 Å². The second kappa shape index (κ2) is 14.0. The molecule has 0 unspecified atom stereocenters. The first kappa shape index (κ1) is 33.5. The van der Waals surface area contributed by atoms with Crippen LogP contribution in [0.3, 0.4) is 0 Å². The van der Waals surface area contributed by atoms with Crippen LogP contribution in [0, 0.1) is 0 Å². The molecule has 2 nitrogen and oxygen atoms in total. The quantitative estimate of drug-likeness (QED) is 0.162. The van der Waals surface area contributed by atoms with Gasteiger partial charge >= 0.3 is 0 Å². The number of rotatable bonds is 6. The van der Waals surface area contributed by atoms with Gasteiger partial charge in [-0.3, -0.25) is 0 Å². The Bertz CT molecular complexity index is 2800. The van der Waals surface area contributed by atoms with Gasteiger partial charge in [-0.15, -0.1) is 0 Å². The smallest absolute Gasteiger partial charge is 0.0541 e. The van der Waals surface area contributed by atoms with Gasteiger partial charge in [-0.25, -0.2) is 0 Å². The Kier molecular flexibility index (Phi) is 8.38. The Labute approximate surface area is 330 Å². The minimum Gasteiger partial charge on any atom is -0.309 e. The lowest BCUT2D eigenvalue weighted by Gasteiger charge is -2.22. The largest absolute Gasteiger partial charge is 0.309 e. The molecule has 0 amide bonds. The van der Waals surface area contributed by atoms with Gasteiger partial charge < -0.3 is 9.13 Å². The Balaban J connectivity index is 1.09. The molecule has 0 atom stereocenters. The lowest BCUT2D eigenvalue weighted by molar-refractivity contribution is 0.444. The Morgan fingerprint density at radius 3 is 1.52 bits per heavy atom. The summed E-state index contributed by atoms with van der Waals surface area (Å²) in [6.45, 7) is 0. The molecule has 274 valence electrons. The average Bonchev–Trinajstić information content (AvgIpc) is 3.79. The van der Waals surface area contributed by atoms with Crippen molar-refractivity contribution >= 4 is 43.6 Å². The van der Waals surface area contributed by atoms with Crippen molar-refractivity contribution in [3.63, 3.8) is 0 Å². The normalized spacial score (nSPS) is 15.7. The fraction of sp³-hybridized carbons (Fsp3) is 0.222. The molecule has 0 saturated heterocycles. The summed E-state index contributed by atoms with van der Waals surface area (Å²) in [6, 6.07) is 59.7. The van der Waals surface area contributed by atoms with Gasteiger partial charge in [0.05, 0.1) is 27.8 Å². The van der Waals surface area contributed by atoms with Gasteiger partial charge in [0, 0.05) is 32.8 Å². The number of hydrogen-bond donors (Lipinski definition) is 0. The van der Waals surface area contributed by atoms with Crippen molar-refractivity contribution in [1.29, 1.82) is 0 Å². The molecule has 0 bridgehead atoms. The lowest BCUT2D eigenvalue weighted by Crippen LogP contribution is -2.04. The summed E-state index contributed by atoms with van der Waals surface area (Å²) in [5.74, 6) is 1.34. The van der Waals surface area contributed by atoms with Gasteiger partial charge in [0.25, 0.3) is 0 Å². The lowest BCUT2D eigenvalue weighted by atomic mass is 9.83. The molecule has 0 aliphatic heterocycles. The van der Waals surface area contributed by atoms with Crippen molar-refractivity contribution in [2.24, 2.45) is 0 Å². The molecule has 2 saturated carbocycles. The molecule has 2 aliphatic rings. The molecule has 9 aromatic rings. The molecule has 0 N–H and O–H groups in total. The van der Waals surface area contributed by atoms with E-state index in [1.807, 2.05) is 0 Å². The third-order valence-corrected chi connectivity index (χ3v) is 13.3. The summed E-state index contributed by atoms with van der Waals surface area (Å²) in [5.41, 5.74) is 15.5. The van der Waals surface area contributed by atoms with Gasteiger partial charge in [-0.1, -0.05) is 136 Å². The second-order valence-electron chi connectivity index (χ2n) is 16.5. The summed E-state index contributed by atoms with van der Waals surface area (Å²) in [4.78, 5) is 0. The van der Waals surface area contributed by atoms with Crippen molar-refractivity contribution in [3.05, 3.63) is 169 Å². The van der Waals surface area contributed by atoms with Crippen molar-refractivity contribution in [1.82, 2.24) is 9.13 Å². The molecular weight excluding hydrogens is 677 g/mol. The summed E-state index contributed by atoms with van der Waals surface area (Å²) in [5, 5.41) is 5.36. The van der Waals surface area contributed by atoms with Crippen LogP contribution in [0.5, 0.6) is 0 Å². The van der Waals surface area contributed by atoms with Crippen molar-refractivity contribution in [3.8, 4) is 33.6 Å². The maximum absolute atomic E-state index is 2.58. The Hall–Kier alpha value is -5.86. The zero-order valence-corrected chi connectivity index (χ0v) is 32.1. The molecule has 2 aromatic heterocycles. The van der Waals surface area contributed by atoms with Crippen LogP contribution in [0.2, 0.25) is 0 Å². The maximum atomic E-state index is 2.58. The first-order valence-corrected chi connectivity index (χ1v) is 21.2. The van der Waals surface area contributed by atoms with Gasteiger partial charge in [-0.05, 0) is 126 Å². The maximum Gasteiger partial charge on any atom is 0.0541 e. The topological polar surface area (TPSA) is 9.86 Å². The first-order chi connectivity index (χ1) is 27.8. The van der Waals surface area contributed by atoms with Crippen LogP contribution in [0.15, 0.2) is 158 Å². The highest BCUT2D eigenvalue weighted by atomic mass is 15.0. The van der Waals surface area contributed by atoms with E-state index in [-0.39, 0.29) is 0 Å². The molecule has 0 radical (unpaired) electrons. The molecule has 7 aromatic carbocycles. The molecule has 2 heterocycles. The van der Waals surface area contributed by atoms with Crippen LogP contribution >= 0.6 is 0 Å². The van der Waals surface area contributed by atoms with Crippen LogP contribution in [0.4, 0.5) is 0 Å². The van der Waals surface area contributed by atoms with Gasteiger partial charge in [0.1, 0.15) is 0 Å². The number of nitrogens with zero attached hydrogens (tertiary/aromatic N) is 2. The van der Waals surface area contributed by atoms with Crippen LogP contribution in [0.1, 0.15) is 87.2 Å². The van der Waals surface area contributed by atoms with Gasteiger partial charge in [0.2, 0.25) is 0 Å². The second-order valence-corrected chi connectivity index (χ2v) is 16.5. The SMILES string of the molecule is c1ccc(-n2c3ccccc3c3cc(-c4ccccc4-c4ccccc4-n4c5ccc(C6CCCCC6)cc5c5cc(C6CCCCC6)ccc54)ccc32)cc1. The Morgan fingerprint density at radius 1 is 0.339 bits per heavy atom. The number of para-hydroxylation sites is 3. The van der Waals surface area contributed by atoms with E-state index in [9.17, 15) is 0 Å². The van der Waals surface area contributed by atoms with E-state index in [0.29, 0.717) is 11.8 Å². The fourth-order valence-electron chi connectivity index (χ4n) is 10.6. The highest BCUT2D eigenvalue weighted by molar-refractivity contribution is 6.12. The summed E-state index contributed by atoms with van der Waals surface area (Å²) >= 11 is 0. The van der Waals surface area contributed by atoms with Crippen LogP contribution in [0.25, 0.3) is 77.2 Å². The predicted octanol–water partition coefficient (Wildman–Crippen LogP) is 15.3. The standard InChI is InChI=1S/C54H48N2/c1-4-16-37(17-5-1)39-28-31-53-48(34-39)49-35-40(38-18-6-2-7-19-38)29-32-54(49)56(53)51-27-15-12-24-45(51)44-23-11-10-22-43(44)41-30-33-52-47(36-41)46-25-13-14-26-50(46)55(52)42-20-8-3-9-21-42/h3,8-15,20-38H,1-2,4-7,16-19H2. The van der Waals surface area contributed by atoms with E-state index >= 15 is 0 Å². The third-order valence-electron chi connectivity index (χ3n) is 13.3. The fourth-order valence-corrected chi connectivity index (χ4v) is 10.6. The number of benzene rings is 7. The monoisotopic (exact) mass is 724 g/mol. The third kappa shape index (κ3) is 5.61. The molecule has 11 rings (SSSR count). The van der Waals surface area contributed by atoms with Crippen molar-refractivity contribution < 1.29 is 0 Å². The average molecular weight is 725 g/mol. The van der Waals surface area contributed by atoms with E-state index in [1.165, 1.54) is 153 Å². The van der Waals surface area contributed by atoms with E-state index < -0.39 is 0 Å². The molecule has 2 fully saturated rings. The highest BCUT2D eigenvalue weighted by Crippen LogP contribution is 2.44. The van der Waals surface area contributed by atoms with Crippen LogP contribution in [-0.4, -0.2) is 9.13 Å². The van der Waals surface area contributed by atoms with Crippen molar-refractivity contribution in [2.75, 3.05) is 0 Å².